The number of rotatable bonds is 4. The summed E-state index contributed by atoms with van der Waals surface area (Å²) in [7, 11) is 0. The van der Waals surface area contributed by atoms with E-state index in [1.807, 2.05) is 0 Å². The fraction of sp³-hybridized carbons (Fsp3) is 0.500. The van der Waals surface area contributed by atoms with Gasteiger partial charge in [-0.15, -0.1) is 5.10 Å². The van der Waals surface area contributed by atoms with Crippen molar-refractivity contribution < 1.29 is 0 Å². The van der Waals surface area contributed by atoms with Gasteiger partial charge in [0.15, 0.2) is 0 Å². The molecule has 0 radical (unpaired) electrons. The number of fused-ring (bicyclic) bond motifs is 1. The summed E-state index contributed by atoms with van der Waals surface area (Å²) in [5, 5.41) is 4.32. The van der Waals surface area contributed by atoms with Gasteiger partial charge in [-0.25, -0.2) is 0 Å². The summed E-state index contributed by atoms with van der Waals surface area (Å²) in [5.74, 6) is 6.41. The van der Waals surface area contributed by atoms with E-state index in [-0.39, 0.29) is 11.5 Å². The van der Waals surface area contributed by atoms with E-state index < -0.39 is 0 Å². The predicted molar refractivity (Wildman–Crippen MR) is 86.2 cm³/mol. The molecular formula is C16H22N4S. The molecule has 21 heavy (non-hydrogen) atoms. The molecule has 1 heterocycles. The second-order valence-corrected chi connectivity index (χ2v) is 7.58. The van der Waals surface area contributed by atoms with E-state index in [1.165, 1.54) is 27.5 Å². The van der Waals surface area contributed by atoms with Crippen molar-refractivity contribution in [2.75, 3.05) is 0 Å². The van der Waals surface area contributed by atoms with Crippen LogP contribution in [0, 0.1) is 0 Å². The maximum atomic E-state index is 5.82. The minimum atomic E-state index is -0.00501. The molecule has 0 aliphatic heterocycles. The standard InChI is InChI=1S/C16H22N4S/c1-16(2,3)15-14(21-20-19-15)13(18-17)9-11-8-10-6-4-5-7-12(10)11/h4-7,11,13,18H,8-9,17H2,1-3H3. The summed E-state index contributed by atoms with van der Waals surface area (Å²) in [5.41, 5.74) is 6.97. The lowest BCUT2D eigenvalue weighted by Crippen LogP contribution is -2.32. The number of benzene rings is 1. The molecule has 1 aliphatic rings. The van der Waals surface area contributed by atoms with Gasteiger partial charge in [0.05, 0.1) is 16.6 Å². The van der Waals surface area contributed by atoms with Gasteiger partial charge in [-0.2, -0.15) is 0 Å². The minimum absolute atomic E-state index is 0.00501. The predicted octanol–water partition coefficient (Wildman–Crippen LogP) is 3.07. The highest BCUT2D eigenvalue weighted by atomic mass is 32.1. The lowest BCUT2D eigenvalue weighted by atomic mass is 9.74. The third-order valence-electron chi connectivity index (χ3n) is 4.22. The number of hydrogen-bond donors (Lipinski definition) is 2. The third-order valence-corrected chi connectivity index (χ3v) is 5.06. The lowest BCUT2D eigenvalue weighted by molar-refractivity contribution is 0.430. The Hall–Kier alpha value is -1.30. The van der Waals surface area contributed by atoms with Crippen LogP contribution in [0.4, 0.5) is 0 Å². The summed E-state index contributed by atoms with van der Waals surface area (Å²) in [6, 6.07) is 8.79. The van der Waals surface area contributed by atoms with Crippen LogP contribution in [-0.4, -0.2) is 9.59 Å². The highest BCUT2D eigenvalue weighted by molar-refractivity contribution is 7.05. The SMILES string of the molecule is CC(C)(C)c1nnsc1C(CC1Cc2ccccc21)NN. The van der Waals surface area contributed by atoms with Gasteiger partial charge in [-0.3, -0.25) is 11.3 Å². The monoisotopic (exact) mass is 302 g/mol. The number of nitrogens with one attached hydrogen (secondary N) is 1. The molecule has 1 aromatic carbocycles. The van der Waals surface area contributed by atoms with Gasteiger partial charge in [0.25, 0.3) is 0 Å². The van der Waals surface area contributed by atoms with Crippen molar-refractivity contribution in [3.05, 3.63) is 46.0 Å². The van der Waals surface area contributed by atoms with Gasteiger partial charge in [0, 0.05) is 5.41 Å². The molecule has 0 spiro atoms. The zero-order chi connectivity index (χ0) is 15.0. The molecule has 3 rings (SSSR count). The first kappa shape index (κ1) is 14.6. The van der Waals surface area contributed by atoms with Crippen molar-refractivity contribution in [2.45, 2.75) is 51.0 Å². The van der Waals surface area contributed by atoms with Crippen molar-refractivity contribution >= 4 is 11.5 Å². The van der Waals surface area contributed by atoms with Crippen molar-refractivity contribution in [2.24, 2.45) is 5.84 Å². The maximum Gasteiger partial charge on any atom is 0.0857 e. The van der Waals surface area contributed by atoms with Gasteiger partial charge in [0.2, 0.25) is 0 Å². The first-order valence-electron chi connectivity index (χ1n) is 7.37. The quantitative estimate of drug-likeness (QED) is 0.673. The molecule has 2 aromatic rings. The first-order chi connectivity index (χ1) is 10.0. The van der Waals surface area contributed by atoms with E-state index in [4.69, 9.17) is 5.84 Å². The average Bonchev–Trinajstić information content (AvgIpc) is 2.89. The molecule has 0 saturated heterocycles. The summed E-state index contributed by atoms with van der Waals surface area (Å²) in [6.45, 7) is 6.50. The Morgan fingerprint density at radius 3 is 2.81 bits per heavy atom. The van der Waals surface area contributed by atoms with E-state index in [1.54, 1.807) is 0 Å². The van der Waals surface area contributed by atoms with Crippen LogP contribution in [0.25, 0.3) is 0 Å². The molecule has 2 unspecified atom stereocenters. The van der Waals surface area contributed by atoms with E-state index in [0.29, 0.717) is 5.92 Å². The fourth-order valence-electron chi connectivity index (χ4n) is 3.05. The molecule has 1 aromatic heterocycles. The normalized spacial score (nSPS) is 19.0. The van der Waals surface area contributed by atoms with E-state index in [9.17, 15) is 0 Å². The fourth-order valence-corrected chi connectivity index (χ4v) is 3.99. The van der Waals surface area contributed by atoms with Gasteiger partial charge in [0.1, 0.15) is 0 Å². The number of nitrogens with two attached hydrogens (primary N) is 1. The van der Waals surface area contributed by atoms with Crippen molar-refractivity contribution in [1.82, 2.24) is 15.0 Å². The van der Waals surface area contributed by atoms with Crippen LogP contribution in [0.3, 0.4) is 0 Å². The Bertz CT molecular complexity index is 629. The number of hydrogen-bond acceptors (Lipinski definition) is 5. The molecular weight excluding hydrogens is 280 g/mol. The van der Waals surface area contributed by atoms with E-state index in [0.717, 1.165) is 18.5 Å². The second kappa shape index (κ2) is 5.48. The molecule has 0 fully saturated rings. The number of nitrogens with zero attached hydrogens (tertiary/aromatic N) is 2. The van der Waals surface area contributed by atoms with Gasteiger partial charge in [-0.1, -0.05) is 49.5 Å². The van der Waals surface area contributed by atoms with Crippen molar-refractivity contribution in [1.29, 1.82) is 0 Å². The number of hydrazine groups is 1. The van der Waals surface area contributed by atoms with Crippen LogP contribution in [0.5, 0.6) is 0 Å². The molecule has 2 atom stereocenters. The molecule has 0 bridgehead atoms. The topological polar surface area (TPSA) is 63.8 Å². The Labute approximate surface area is 129 Å². The second-order valence-electron chi connectivity index (χ2n) is 6.79. The summed E-state index contributed by atoms with van der Waals surface area (Å²) in [6.07, 6.45) is 2.14. The van der Waals surface area contributed by atoms with E-state index >= 15 is 0 Å². The van der Waals surface area contributed by atoms with Gasteiger partial charge < -0.3 is 0 Å². The van der Waals surface area contributed by atoms with Crippen molar-refractivity contribution in [3.8, 4) is 0 Å². The smallest absolute Gasteiger partial charge is 0.0857 e. The first-order valence-corrected chi connectivity index (χ1v) is 8.14. The zero-order valence-corrected chi connectivity index (χ0v) is 13.6. The highest BCUT2D eigenvalue weighted by Crippen LogP contribution is 2.42. The zero-order valence-electron chi connectivity index (χ0n) is 12.8. The Morgan fingerprint density at radius 1 is 1.38 bits per heavy atom. The molecule has 112 valence electrons. The highest BCUT2D eigenvalue weighted by Gasteiger charge is 2.32. The summed E-state index contributed by atoms with van der Waals surface area (Å²) in [4.78, 5) is 1.18. The summed E-state index contributed by atoms with van der Waals surface area (Å²) < 4.78 is 4.15. The molecule has 4 nitrogen and oxygen atoms in total. The number of aromatic nitrogens is 2. The maximum absolute atomic E-state index is 5.82. The van der Waals surface area contributed by atoms with Crippen LogP contribution in [0.1, 0.15) is 60.8 Å². The molecule has 1 aliphatic carbocycles. The Kier molecular flexibility index (Phi) is 3.82. The van der Waals surface area contributed by atoms with Gasteiger partial charge >= 0.3 is 0 Å². The molecule has 0 amide bonds. The Balaban J connectivity index is 1.80. The van der Waals surface area contributed by atoms with Crippen LogP contribution >= 0.6 is 11.5 Å². The molecule has 5 heteroatoms. The van der Waals surface area contributed by atoms with Crippen LogP contribution in [-0.2, 0) is 11.8 Å². The minimum Gasteiger partial charge on any atom is -0.271 e. The van der Waals surface area contributed by atoms with Crippen LogP contribution < -0.4 is 11.3 Å². The van der Waals surface area contributed by atoms with Crippen LogP contribution in [0.2, 0.25) is 0 Å². The van der Waals surface area contributed by atoms with Crippen LogP contribution in [0.15, 0.2) is 24.3 Å². The third kappa shape index (κ3) is 2.73. The van der Waals surface area contributed by atoms with Crippen molar-refractivity contribution in [3.63, 3.8) is 0 Å². The molecule has 0 saturated carbocycles. The lowest BCUT2D eigenvalue weighted by Gasteiger charge is -2.33. The summed E-state index contributed by atoms with van der Waals surface area (Å²) >= 11 is 1.46. The van der Waals surface area contributed by atoms with Gasteiger partial charge in [-0.05, 0) is 41.4 Å². The Morgan fingerprint density at radius 2 is 2.14 bits per heavy atom. The molecule has 3 N–H and O–H groups in total. The average molecular weight is 302 g/mol. The van der Waals surface area contributed by atoms with E-state index in [2.05, 4.69) is 60.0 Å². The largest absolute Gasteiger partial charge is 0.271 e.